The summed E-state index contributed by atoms with van der Waals surface area (Å²) in [5.74, 6) is -1.69. The number of carbonyl (C=O) groups is 3. The van der Waals surface area contributed by atoms with Gasteiger partial charge in [-0.2, -0.15) is 0 Å². The number of esters is 3. The zero-order valence-electron chi connectivity index (χ0n) is 43.2. The third kappa shape index (κ3) is 48.6. The van der Waals surface area contributed by atoms with E-state index in [1.165, 1.54) is 0 Å². The monoisotopic (exact) mass is 995 g/mol. The molecule has 394 valence electrons. The third-order valence-corrected chi connectivity index (χ3v) is 11.0. The van der Waals surface area contributed by atoms with Crippen molar-refractivity contribution in [2.75, 3.05) is 26.4 Å². The molecule has 0 aromatic rings. The normalized spacial score (nSPS) is 14.5. The molecule has 0 bridgehead atoms. The van der Waals surface area contributed by atoms with E-state index in [-0.39, 0.29) is 19.3 Å². The van der Waals surface area contributed by atoms with Crippen LogP contribution in [0.5, 0.6) is 0 Å². The zero-order valence-corrected chi connectivity index (χ0v) is 44.1. The molecule has 2 N–H and O–H groups in total. The fourth-order valence-electron chi connectivity index (χ4n) is 6.22. The van der Waals surface area contributed by atoms with Crippen molar-refractivity contribution in [2.45, 2.75) is 187 Å². The summed E-state index contributed by atoms with van der Waals surface area (Å²) in [6.45, 7) is 4.09. The van der Waals surface area contributed by atoms with Gasteiger partial charge in [-0.15, -0.1) is 0 Å². The number of aliphatic hydroxyl groups is 1. The van der Waals surface area contributed by atoms with E-state index in [0.29, 0.717) is 19.3 Å². The Morgan fingerprint density at radius 3 is 1.20 bits per heavy atom. The number of unbranched alkanes of at least 4 members (excludes halogenated alkanes) is 8. The van der Waals surface area contributed by atoms with E-state index < -0.39 is 64.4 Å². The van der Waals surface area contributed by atoms with Gasteiger partial charge in [-0.05, 0) is 109 Å². The summed E-state index contributed by atoms with van der Waals surface area (Å²) in [7, 11) is -4.79. The quantitative estimate of drug-likeness (QED) is 0.0197. The Morgan fingerprint density at radius 1 is 0.414 bits per heavy atom. The molecule has 0 radical (unpaired) electrons. The number of rotatable bonds is 46. The lowest BCUT2D eigenvalue weighted by Gasteiger charge is -2.21. The Balaban J connectivity index is 4.91. The number of phosphoric acid groups is 1. The highest BCUT2D eigenvalue weighted by molar-refractivity contribution is 7.47. The van der Waals surface area contributed by atoms with Crippen LogP contribution in [0.3, 0.4) is 0 Å². The molecule has 0 aliphatic carbocycles. The Kier molecular flexibility index (Phi) is 47.8. The summed E-state index contributed by atoms with van der Waals surface area (Å²) < 4.78 is 39.2. The molecule has 0 aliphatic rings. The number of hydrogen-bond donors (Lipinski definition) is 2. The number of phosphoric ester groups is 1. The fourth-order valence-corrected chi connectivity index (χ4v) is 7.01. The highest BCUT2D eigenvalue weighted by Gasteiger charge is 2.28. The van der Waals surface area contributed by atoms with Crippen molar-refractivity contribution < 1.29 is 52.2 Å². The molecule has 0 amide bonds. The maximum Gasteiger partial charge on any atom is 0.472 e. The van der Waals surface area contributed by atoms with Crippen molar-refractivity contribution >= 4 is 25.7 Å². The van der Waals surface area contributed by atoms with Gasteiger partial charge < -0.3 is 24.2 Å². The van der Waals surface area contributed by atoms with Crippen LogP contribution in [0.4, 0.5) is 0 Å². The molecule has 0 aromatic heterocycles. The van der Waals surface area contributed by atoms with Crippen molar-refractivity contribution in [3.8, 4) is 0 Å². The highest BCUT2D eigenvalue weighted by atomic mass is 31.2. The van der Waals surface area contributed by atoms with Crippen LogP contribution in [0.2, 0.25) is 0 Å². The zero-order chi connectivity index (χ0) is 51.3. The number of aliphatic hydroxyl groups excluding tert-OH is 1. The second kappa shape index (κ2) is 51.0. The van der Waals surface area contributed by atoms with Crippen LogP contribution < -0.4 is 0 Å². The van der Waals surface area contributed by atoms with Gasteiger partial charge in [0.25, 0.3) is 0 Å². The second-order valence-corrected chi connectivity index (χ2v) is 18.0. The molecule has 0 rings (SSSR count). The molecule has 0 saturated heterocycles. The molecule has 12 heteroatoms. The highest BCUT2D eigenvalue weighted by Crippen LogP contribution is 2.43. The van der Waals surface area contributed by atoms with E-state index in [2.05, 4.69) is 130 Å². The SMILES string of the molecule is CC/C=C\C/C=C\C/C=C\C/C=C\C/C=C\CC(=O)OC(COC(=O)CCCCC/C=C\C/C=C\C/C=C\CC)COP(=O)(O)OCC(CO)OC(=O)CCCCCCC/C=C\C/C=C\C/C=C\CC. The topological polar surface area (TPSA) is 155 Å². The second-order valence-electron chi connectivity index (χ2n) is 16.6. The molecule has 11 nitrogen and oxygen atoms in total. The van der Waals surface area contributed by atoms with Crippen molar-refractivity contribution in [1.29, 1.82) is 0 Å². The predicted molar refractivity (Wildman–Crippen MR) is 288 cm³/mol. The molecule has 0 aliphatic heterocycles. The van der Waals surface area contributed by atoms with Crippen LogP contribution in [0.25, 0.3) is 0 Å². The first-order valence-electron chi connectivity index (χ1n) is 26.1. The molecule has 0 heterocycles. The number of ether oxygens (including phenoxy) is 3. The van der Waals surface area contributed by atoms with Gasteiger partial charge in [-0.3, -0.25) is 23.4 Å². The first-order valence-corrected chi connectivity index (χ1v) is 27.6. The smallest absolute Gasteiger partial charge is 0.462 e. The van der Waals surface area contributed by atoms with E-state index in [1.54, 1.807) is 6.08 Å². The molecular formula is C58H91O11P. The average Bonchev–Trinajstić information content (AvgIpc) is 3.35. The van der Waals surface area contributed by atoms with Crippen LogP contribution >= 0.6 is 7.82 Å². The molecule has 3 atom stereocenters. The Morgan fingerprint density at radius 2 is 0.757 bits per heavy atom. The van der Waals surface area contributed by atoms with Gasteiger partial charge in [0.1, 0.15) is 12.7 Å². The van der Waals surface area contributed by atoms with Gasteiger partial charge in [0.05, 0.1) is 26.2 Å². The summed E-state index contributed by atoms with van der Waals surface area (Å²) in [6, 6.07) is 0. The first kappa shape index (κ1) is 65.6. The molecule has 70 heavy (non-hydrogen) atoms. The van der Waals surface area contributed by atoms with Crippen molar-refractivity contribution in [3.05, 3.63) is 134 Å². The van der Waals surface area contributed by atoms with Gasteiger partial charge in [-0.25, -0.2) is 4.57 Å². The summed E-state index contributed by atoms with van der Waals surface area (Å²) in [4.78, 5) is 48.3. The molecule has 0 saturated carbocycles. The van der Waals surface area contributed by atoms with Crippen molar-refractivity contribution in [3.63, 3.8) is 0 Å². The Labute approximate surface area is 423 Å². The minimum atomic E-state index is -4.79. The van der Waals surface area contributed by atoms with Gasteiger partial charge in [0, 0.05) is 12.8 Å². The fraction of sp³-hybridized carbons (Fsp3) is 0.569. The Hall–Kier alpha value is -4.38. The molecule has 3 unspecified atom stereocenters. The largest absolute Gasteiger partial charge is 0.472 e. The summed E-state index contributed by atoms with van der Waals surface area (Å²) in [5, 5.41) is 9.78. The summed E-state index contributed by atoms with van der Waals surface area (Å²) in [5.41, 5.74) is 0. The molecule has 0 spiro atoms. The number of hydrogen-bond acceptors (Lipinski definition) is 10. The average molecular weight is 995 g/mol. The van der Waals surface area contributed by atoms with Crippen LogP contribution in [-0.2, 0) is 42.2 Å². The van der Waals surface area contributed by atoms with E-state index in [1.807, 2.05) is 18.2 Å². The standard InChI is InChI=1S/C58H91O11P/c1-4-7-10-13-16-19-22-25-27-30-33-36-39-42-45-48-57(61)68-54(50-59)52-66-70(63,64)67-53-55(51-65-56(60)47-44-41-38-35-32-29-24-21-18-15-12-9-6-3)69-58(62)49-46-43-40-37-34-31-28-26-23-20-17-14-11-8-5-2/h7-12,16-21,25-29,32,34,37,43,46,54-55,59H,4-6,13-15,22-24,30-31,33,35-36,38-42,44-45,47-53H2,1-3H3,(H,63,64)/b10-7-,11-8-,12-9-,19-16-,20-17-,21-18-,27-25-,28-26-,32-29-,37-34-,46-43-. The first-order chi connectivity index (χ1) is 34.2. The van der Waals surface area contributed by atoms with Crippen LogP contribution in [0, 0.1) is 0 Å². The molecule has 0 fully saturated rings. The van der Waals surface area contributed by atoms with Gasteiger partial charge in [0.15, 0.2) is 6.10 Å². The van der Waals surface area contributed by atoms with Crippen LogP contribution in [-0.4, -0.2) is 66.5 Å². The van der Waals surface area contributed by atoms with E-state index in [0.717, 1.165) is 116 Å². The Bertz CT molecular complexity index is 1680. The van der Waals surface area contributed by atoms with E-state index in [4.69, 9.17) is 23.3 Å². The molecule has 0 aromatic carbocycles. The van der Waals surface area contributed by atoms with Gasteiger partial charge in [-0.1, -0.05) is 180 Å². The number of carbonyl (C=O) groups excluding carboxylic acids is 3. The lowest BCUT2D eigenvalue weighted by atomic mass is 10.1. The summed E-state index contributed by atoms with van der Waals surface area (Å²) in [6.07, 6.45) is 63.1. The third-order valence-electron chi connectivity index (χ3n) is 10.1. The van der Waals surface area contributed by atoms with Crippen LogP contribution in [0.1, 0.15) is 175 Å². The lowest BCUT2D eigenvalue weighted by Crippen LogP contribution is -2.30. The van der Waals surface area contributed by atoms with Crippen LogP contribution in [0.15, 0.2) is 134 Å². The predicted octanol–water partition coefficient (Wildman–Crippen LogP) is 15.0. The number of allylic oxidation sites excluding steroid dienone is 21. The van der Waals surface area contributed by atoms with E-state index >= 15 is 0 Å². The van der Waals surface area contributed by atoms with Gasteiger partial charge in [0.2, 0.25) is 0 Å². The van der Waals surface area contributed by atoms with E-state index in [9.17, 15) is 28.9 Å². The minimum Gasteiger partial charge on any atom is -0.462 e. The summed E-state index contributed by atoms with van der Waals surface area (Å²) >= 11 is 0. The minimum absolute atomic E-state index is 0.0798. The maximum absolute atomic E-state index is 12.8. The van der Waals surface area contributed by atoms with Crippen molar-refractivity contribution in [2.24, 2.45) is 0 Å². The van der Waals surface area contributed by atoms with Gasteiger partial charge >= 0.3 is 25.7 Å². The van der Waals surface area contributed by atoms with Crippen molar-refractivity contribution in [1.82, 2.24) is 0 Å². The molecular weight excluding hydrogens is 904 g/mol. The maximum atomic E-state index is 12.8. The lowest BCUT2D eigenvalue weighted by molar-refractivity contribution is -0.160.